The Bertz CT molecular complexity index is 436. The largest absolute Gasteiger partial charge is 0.474 e. The highest BCUT2D eigenvalue weighted by molar-refractivity contribution is 6.30. The molecule has 1 aliphatic carbocycles. The van der Waals surface area contributed by atoms with E-state index in [9.17, 15) is 0 Å². The van der Waals surface area contributed by atoms with Crippen molar-refractivity contribution in [3.8, 4) is 5.88 Å². The molecule has 1 aliphatic rings. The van der Waals surface area contributed by atoms with Gasteiger partial charge in [0, 0.05) is 12.0 Å². The Morgan fingerprint density at radius 3 is 2.63 bits per heavy atom. The number of halogens is 1. The van der Waals surface area contributed by atoms with Gasteiger partial charge in [0.15, 0.2) is 0 Å². The molecule has 0 N–H and O–H groups in total. The van der Waals surface area contributed by atoms with Crippen LogP contribution < -0.4 is 4.74 Å². The van der Waals surface area contributed by atoms with Gasteiger partial charge in [0.05, 0.1) is 0 Å². The third kappa shape index (κ3) is 3.38. The highest BCUT2D eigenvalue weighted by atomic mass is 35.5. The molecule has 1 aromatic rings. The van der Waals surface area contributed by atoms with Gasteiger partial charge in [-0.25, -0.2) is 4.98 Å². The lowest BCUT2D eigenvalue weighted by Gasteiger charge is -2.31. The molecule has 0 saturated heterocycles. The van der Waals surface area contributed by atoms with Crippen LogP contribution in [-0.4, -0.2) is 16.1 Å². The molecule has 0 spiro atoms. The number of ether oxygens (including phenoxy) is 1. The lowest BCUT2D eigenvalue weighted by molar-refractivity contribution is 0.0847. The van der Waals surface area contributed by atoms with Crippen LogP contribution in [0.25, 0.3) is 0 Å². The standard InChI is InChI=1S/C15H23ClN2O/c1-4-11-8-6-7-9-12(11)19-15-10(3)14(16)17-13(5-2)18-15/h11-12H,4-9H2,1-3H3. The molecule has 0 aromatic carbocycles. The highest BCUT2D eigenvalue weighted by Gasteiger charge is 2.26. The first-order valence-corrected chi connectivity index (χ1v) is 7.73. The molecule has 2 atom stereocenters. The molecule has 1 aromatic heterocycles. The summed E-state index contributed by atoms with van der Waals surface area (Å²) < 4.78 is 6.18. The summed E-state index contributed by atoms with van der Waals surface area (Å²) in [5, 5.41) is 0.519. The molecular formula is C15H23ClN2O. The Balaban J connectivity index is 2.19. The van der Waals surface area contributed by atoms with Crippen LogP contribution in [0.4, 0.5) is 0 Å². The van der Waals surface area contributed by atoms with Crippen molar-refractivity contribution in [3.05, 3.63) is 16.5 Å². The summed E-state index contributed by atoms with van der Waals surface area (Å²) in [6.07, 6.45) is 7.19. The maximum Gasteiger partial charge on any atom is 0.221 e. The van der Waals surface area contributed by atoms with Crippen molar-refractivity contribution in [2.24, 2.45) is 5.92 Å². The summed E-state index contributed by atoms with van der Waals surface area (Å²) in [6, 6.07) is 0. The lowest BCUT2D eigenvalue weighted by atomic mass is 9.85. The van der Waals surface area contributed by atoms with Crippen molar-refractivity contribution in [3.63, 3.8) is 0 Å². The number of nitrogens with zero attached hydrogens (tertiary/aromatic N) is 2. The molecule has 0 amide bonds. The van der Waals surface area contributed by atoms with Crippen LogP contribution in [0, 0.1) is 12.8 Å². The van der Waals surface area contributed by atoms with Crippen molar-refractivity contribution in [1.29, 1.82) is 0 Å². The van der Waals surface area contributed by atoms with Crippen LogP contribution in [0.3, 0.4) is 0 Å². The molecule has 2 rings (SSSR count). The van der Waals surface area contributed by atoms with Crippen molar-refractivity contribution < 1.29 is 4.74 Å². The molecule has 19 heavy (non-hydrogen) atoms. The van der Waals surface area contributed by atoms with E-state index < -0.39 is 0 Å². The topological polar surface area (TPSA) is 35.0 Å². The van der Waals surface area contributed by atoms with Gasteiger partial charge in [0.25, 0.3) is 0 Å². The summed E-state index contributed by atoms with van der Waals surface area (Å²) in [6.45, 7) is 6.20. The summed E-state index contributed by atoms with van der Waals surface area (Å²) in [7, 11) is 0. The number of rotatable bonds is 4. The first-order chi connectivity index (χ1) is 9.15. The minimum Gasteiger partial charge on any atom is -0.474 e. The number of hydrogen-bond acceptors (Lipinski definition) is 3. The molecule has 1 heterocycles. The average molecular weight is 283 g/mol. The molecule has 1 fully saturated rings. The van der Waals surface area contributed by atoms with Gasteiger partial charge in [0.1, 0.15) is 17.1 Å². The van der Waals surface area contributed by atoms with Crippen LogP contribution in [0.1, 0.15) is 57.3 Å². The molecule has 3 nitrogen and oxygen atoms in total. The molecule has 4 heteroatoms. The molecule has 0 radical (unpaired) electrons. The minimum absolute atomic E-state index is 0.285. The van der Waals surface area contributed by atoms with E-state index in [0.717, 1.165) is 24.2 Å². The molecule has 2 unspecified atom stereocenters. The van der Waals surface area contributed by atoms with Crippen molar-refractivity contribution >= 4 is 11.6 Å². The minimum atomic E-state index is 0.285. The number of aryl methyl sites for hydroxylation is 1. The number of aromatic nitrogens is 2. The van der Waals surface area contributed by atoms with E-state index >= 15 is 0 Å². The van der Waals surface area contributed by atoms with Crippen molar-refractivity contribution in [2.45, 2.75) is 65.4 Å². The smallest absolute Gasteiger partial charge is 0.221 e. The molecule has 0 aliphatic heterocycles. The fourth-order valence-electron chi connectivity index (χ4n) is 2.72. The predicted molar refractivity (Wildman–Crippen MR) is 77.8 cm³/mol. The Morgan fingerprint density at radius 2 is 1.95 bits per heavy atom. The predicted octanol–water partition coefficient (Wildman–Crippen LogP) is 4.35. The second kappa shape index (κ2) is 6.56. The zero-order valence-corrected chi connectivity index (χ0v) is 12.8. The Morgan fingerprint density at radius 1 is 1.21 bits per heavy atom. The zero-order chi connectivity index (χ0) is 13.8. The van der Waals surface area contributed by atoms with Crippen molar-refractivity contribution in [2.75, 3.05) is 0 Å². The van der Waals surface area contributed by atoms with E-state index in [1.807, 2.05) is 13.8 Å². The van der Waals surface area contributed by atoms with Gasteiger partial charge in [-0.05, 0) is 38.5 Å². The van der Waals surface area contributed by atoms with Gasteiger partial charge in [-0.3, -0.25) is 0 Å². The van der Waals surface area contributed by atoms with Gasteiger partial charge in [0.2, 0.25) is 5.88 Å². The van der Waals surface area contributed by atoms with Crippen LogP contribution in [0.15, 0.2) is 0 Å². The quantitative estimate of drug-likeness (QED) is 0.770. The van der Waals surface area contributed by atoms with Crippen LogP contribution >= 0.6 is 11.6 Å². The van der Waals surface area contributed by atoms with Gasteiger partial charge in [-0.1, -0.05) is 31.9 Å². The van der Waals surface area contributed by atoms with Gasteiger partial charge in [-0.15, -0.1) is 0 Å². The highest BCUT2D eigenvalue weighted by Crippen LogP contribution is 2.32. The molecule has 1 saturated carbocycles. The normalized spacial score (nSPS) is 23.4. The van der Waals surface area contributed by atoms with Gasteiger partial charge in [-0.2, -0.15) is 4.98 Å². The summed E-state index contributed by atoms with van der Waals surface area (Å²) in [5.41, 5.74) is 0.860. The van der Waals surface area contributed by atoms with Gasteiger partial charge < -0.3 is 4.74 Å². The zero-order valence-electron chi connectivity index (χ0n) is 12.1. The second-order valence-electron chi connectivity index (χ2n) is 5.32. The average Bonchev–Trinajstić information content (AvgIpc) is 2.44. The monoisotopic (exact) mass is 282 g/mol. The SMILES string of the molecule is CCc1nc(Cl)c(C)c(OC2CCCCC2CC)n1. The van der Waals surface area contributed by atoms with E-state index in [1.165, 1.54) is 25.7 Å². The fraction of sp³-hybridized carbons (Fsp3) is 0.733. The lowest BCUT2D eigenvalue weighted by Crippen LogP contribution is -2.30. The third-order valence-corrected chi connectivity index (χ3v) is 4.40. The first-order valence-electron chi connectivity index (χ1n) is 7.35. The van der Waals surface area contributed by atoms with Crippen LogP contribution in [0.5, 0.6) is 5.88 Å². The second-order valence-corrected chi connectivity index (χ2v) is 5.68. The Labute approximate surface area is 120 Å². The molecular weight excluding hydrogens is 260 g/mol. The third-order valence-electron chi connectivity index (χ3n) is 4.03. The van der Waals surface area contributed by atoms with Crippen LogP contribution in [-0.2, 0) is 6.42 Å². The summed E-state index contributed by atoms with van der Waals surface area (Å²) >= 11 is 6.15. The van der Waals surface area contributed by atoms with E-state index in [2.05, 4.69) is 16.9 Å². The van der Waals surface area contributed by atoms with E-state index in [1.54, 1.807) is 0 Å². The fourth-order valence-corrected chi connectivity index (χ4v) is 2.90. The molecule has 0 bridgehead atoms. The van der Waals surface area contributed by atoms with Crippen molar-refractivity contribution in [1.82, 2.24) is 9.97 Å². The van der Waals surface area contributed by atoms with Gasteiger partial charge >= 0.3 is 0 Å². The van der Waals surface area contributed by atoms with E-state index in [-0.39, 0.29) is 6.10 Å². The maximum absolute atomic E-state index is 6.18. The van der Waals surface area contributed by atoms with E-state index in [0.29, 0.717) is 17.0 Å². The van der Waals surface area contributed by atoms with E-state index in [4.69, 9.17) is 16.3 Å². The Hall–Kier alpha value is -0.830. The maximum atomic E-state index is 6.18. The molecule has 106 valence electrons. The first kappa shape index (κ1) is 14.6. The van der Waals surface area contributed by atoms with Crippen LogP contribution in [0.2, 0.25) is 5.15 Å². The summed E-state index contributed by atoms with van der Waals surface area (Å²) in [5.74, 6) is 2.09. The number of hydrogen-bond donors (Lipinski definition) is 0. The Kier molecular flexibility index (Phi) is 5.03. The summed E-state index contributed by atoms with van der Waals surface area (Å²) in [4.78, 5) is 8.76.